The zero-order valence-electron chi connectivity index (χ0n) is 8.99. The average Bonchev–Trinajstić information content (AvgIpc) is 2.51. The van der Waals surface area contributed by atoms with Gasteiger partial charge in [0, 0.05) is 30.1 Å². The molecule has 0 radical (unpaired) electrons. The molecule has 1 aromatic rings. The zero-order chi connectivity index (χ0) is 10.6. The topological polar surface area (TPSA) is 48.1 Å². The van der Waals surface area contributed by atoms with Crippen molar-refractivity contribution in [3.05, 3.63) is 16.1 Å². The van der Waals surface area contributed by atoms with E-state index in [0.29, 0.717) is 6.61 Å². The first-order valence-corrected chi connectivity index (χ1v) is 5.79. The third kappa shape index (κ3) is 3.36. The molecule has 2 atom stereocenters. The van der Waals surface area contributed by atoms with Crippen LogP contribution in [-0.4, -0.2) is 23.7 Å². The number of rotatable bonds is 5. The molecular formula is C10H18N2OS. The Morgan fingerprint density at radius 2 is 2.36 bits per heavy atom. The minimum absolute atomic E-state index is 0.0421. The van der Waals surface area contributed by atoms with Crippen LogP contribution < -0.4 is 5.73 Å². The first-order chi connectivity index (χ1) is 6.63. The van der Waals surface area contributed by atoms with E-state index in [0.717, 1.165) is 17.1 Å². The van der Waals surface area contributed by atoms with Crippen LogP contribution in [0.4, 0.5) is 0 Å². The van der Waals surface area contributed by atoms with Crippen molar-refractivity contribution in [1.82, 2.24) is 4.98 Å². The molecule has 0 saturated heterocycles. The molecule has 0 spiro atoms. The predicted octanol–water partition coefficient (Wildman–Crippen LogP) is 1.75. The van der Waals surface area contributed by atoms with Gasteiger partial charge in [0.1, 0.15) is 0 Å². The number of hydrogen-bond acceptors (Lipinski definition) is 4. The molecule has 0 aliphatic rings. The van der Waals surface area contributed by atoms with Crippen molar-refractivity contribution < 1.29 is 4.74 Å². The van der Waals surface area contributed by atoms with Gasteiger partial charge in [0.25, 0.3) is 0 Å². The predicted molar refractivity (Wildman–Crippen MR) is 59.6 cm³/mol. The first kappa shape index (κ1) is 11.6. The highest BCUT2D eigenvalue weighted by atomic mass is 32.1. The van der Waals surface area contributed by atoms with Crippen LogP contribution in [0.2, 0.25) is 0 Å². The van der Waals surface area contributed by atoms with Crippen molar-refractivity contribution in [1.29, 1.82) is 0 Å². The first-order valence-electron chi connectivity index (χ1n) is 4.91. The van der Waals surface area contributed by atoms with Gasteiger partial charge in [-0.2, -0.15) is 0 Å². The second-order valence-electron chi connectivity index (χ2n) is 3.41. The van der Waals surface area contributed by atoms with Gasteiger partial charge in [0.2, 0.25) is 0 Å². The average molecular weight is 214 g/mol. The zero-order valence-corrected chi connectivity index (χ0v) is 9.80. The highest BCUT2D eigenvalue weighted by Crippen LogP contribution is 2.12. The minimum Gasteiger partial charge on any atom is -0.377 e. The molecule has 1 rings (SSSR count). The molecular weight excluding hydrogens is 196 g/mol. The Morgan fingerprint density at radius 3 is 2.86 bits per heavy atom. The fraction of sp³-hybridized carbons (Fsp3) is 0.700. The van der Waals surface area contributed by atoms with Gasteiger partial charge in [-0.05, 0) is 20.8 Å². The summed E-state index contributed by atoms with van der Waals surface area (Å²) < 4.78 is 5.43. The molecule has 0 amide bonds. The number of nitrogens with two attached hydrogens (primary N) is 1. The quantitative estimate of drug-likeness (QED) is 0.812. The third-order valence-electron chi connectivity index (χ3n) is 2.11. The van der Waals surface area contributed by atoms with E-state index in [1.54, 1.807) is 11.3 Å². The second-order valence-corrected chi connectivity index (χ2v) is 4.35. The molecule has 0 aromatic carbocycles. The fourth-order valence-corrected chi connectivity index (χ4v) is 2.10. The summed E-state index contributed by atoms with van der Waals surface area (Å²) in [6, 6.07) is 0.0421. The van der Waals surface area contributed by atoms with E-state index in [1.165, 1.54) is 0 Å². The van der Waals surface area contributed by atoms with Crippen LogP contribution in [0, 0.1) is 6.92 Å². The number of aryl methyl sites for hydroxylation is 1. The lowest BCUT2D eigenvalue weighted by Gasteiger charge is -2.18. The maximum atomic E-state index is 5.99. The lowest BCUT2D eigenvalue weighted by Crippen LogP contribution is -2.36. The number of thiazole rings is 1. The molecule has 0 saturated carbocycles. The van der Waals surface area contributed by atoms with Gasteiger partial charge in [-0.15, -0.1) is 11.3 Å². The van der Waals surface area contributed by atoms with Crippen LogP contribution in [0.5, 0.6) is 0 Å². The fourth-order valence-electron chi connectivity index (χ4n) is 1.25. The molecule has 2 unspecified atom stereocenters. The molecule has 0 aliphatic heterocycles. The molecule has 1 aromatic heterocycles. The van der Waals surface area contributed by atoms with E-state index >= 15 is 0 Å². The van der Waals surface area contributed by atoms with Crippen molar-refractivity contribution in [2.45, 2.75) is 39.3 Å². The summed E-state index contributed by atoms with van der Waals surface area (Å²) in [6.07, 6.45) is 0.906. The lowest BCUT2D eigenvalue weighted by atomic mass is 10.1. The van der Waals surface area contributed by atoms with E-state index in [1.807, 2.05) is 26.2 Å². The van der Waals surface area contributed by atoms with Crippen LogP contribution >= 0.6 is 11.3 Å². The molecule has 14 heavy (non-hydrogen) atoms. The number of aromatic nitrogens is 1. The van der Waals surface area contributed by atoms with E-state index in [2.05, 4.69) is 4.98 Å². The van der Waals surface area contributed by atoms with E-state index < -0.39 is 0 Å². The van der Waals surface area contributed by atoms with Crippen LogP contribution in [0.3, 0.4) is 0 Å². The maximum absolute atomic E-state index is 5.99. The summed E-state index contributed by atoms with van der Waals surface area (Å²) in [4.78, 5) is 4.38. The standard InChI is InChI=1S/C10H18N2OS/c1-4-13-8(3)9(11)5-10-12-7(2)6-14-10/h6,8-9H,4-5,11H2,1-3H3. The summed E-state index contributed by atoms with van der Waals surface area (Å²) in [6.45, 7) is 6.70. The minimum atomic E-state index is 0.0421. The number of hydrogen-bond donors (Lipinski definition) is 1. The Hall–Kier alpha value is -0.450. The summed E-state index contributed by atoms with van der Waals surface area (Å²) in [5, 5.41) is 3.15. The van der Waals surface area contributed by atoms with Crippen molar-refractivity contribution in [3.63, 3.8) is 0 Å². The van der Waals surface area contributed by atoms with E-state index in [9.17, 15) is 0 Å². The summed E-state index contributed by atoms with van der Waals surface area (Å²) in [7, 11) is 0. The maximum Gasteiger partial charge on any atom is 0.0944 e. The van der Waals surface area contributed by atoms with E-state index in [-0.39, 0.29) is 12.1 Å². The SMILES string of the molecule is CCOC(C)C(N)Cc1nc(C)cs1. The summed E-state index contributed by atoms with van der Waals surface area (Å²) in [5.41, 5.74) is 7.06. The van der Waals surface area contributed by atoms with E-state index in [4.69, 9.17) is 10.5 Å². The molecule has 0 bridgehead atoms. The summed E-state index contributed by atoms with van der Waals surface area (Å²) in [5.74, 6) is 0. The van der Waals surface area contributed by atoms with Crippen LogP contribution in [0.1, 0.15) is 24.5 Å². The molecule has 2 N–H and O–H groups in total. The highest BCUT2D eigenvalue weighted by Gasteiger charge is 2.14. The molecule has 80 valence electrons. The van der Waals surface area contributed by atoms with Crippen LogP contribution in [0.25, 0.3) is 0 Å². The van der Waals surface area contributed by atoms with Gasteiger partial charge >= 0.3 is 0 Å². The molecule has 4 heteroatoms. The van der Waals surface area contributed by atoms with Gasteiger partial charge < -0.3 is 10.5 Å². The molecule has 1 heterocycles. The largest absolute Gasteiger partial charge is 0.377 e. The van der Waals surface area contributed by atoms with Crippen molar-refractivity contribution in [3.8, 4) is 0 Å². The Kier molecular flexibility index (Phi) is 4.51. The van der Waals surface area contributed by atoms with Gasteiger partial charge in [0.05, 0.1) is 11.1 Å². The Balaban J connectivity index is 2.43. The van der Waals surface area contributed by atoms with Crippen molar-refractivity contribution in [2.75, 3.05) is 6.61 Å². The molecule has 0 aliphatic carbocycles. The van der Waals surface area contributed by atoms with Gasteiger partial charge in [0.15, 0.2) is 0 Å². The monoisotopic (exact) mass is 214 g/mol. The molecule has 0 fully saturated rings. The van der Waals surface area contributed by atoms with Gasteiger partial charge in [-0.1, -0.05) is 0 Å². The Bertz CT molecular complexity index is 275. The van der Waals surface area contributed by atoms with Gasteiger partial charge in [-0.25, -0.2) is 4.98 Å². The Morgan fingerprint density at radius 1 is 1.64 bits per heavy atom. The third-order valence-corrected chi connectivity index (χ3v) is 3.10. The number of ether oxygens (including phenoxy) is 1. The Labute approximate surface area is 89.3 Å². The summed E-state index contributed by atoms with van der Waals surface area (Å²) >= 11 is 1.67. The van der Waals surface area contributed by atoms with Gasteiger partial charge in [-0.3, -0.25) is 0 Å². The van der Waals surface area contributed by atoms with Crippen LogP contribution in [0.15, 0.2) is 5.38 Å². The smallest absolute Gasteiger partial charge is 0.0944 e. The molecule has 3 nitrogen and oxygen atoms in total. The highest BCUT2D eigenvalue weighted by molar-refractivity contribution is 7.09. The number of nitrogens with zero attached hydrogens (tertiary/aromatic N) is 1. The lowest BCUT2D eigenvalue weighted by molar-refractivity contribution is 0.0577. The van der Waals surface area contributed by atoms with Crippen molar-refractivity contribution in [2.24, 2.45) is 5.73 Å². The normalized spacial score (nSPS) is 15.4. The van der Waals surface area contributed by atoms with Crippen LogP contribution in [-0.2, 0) is 11.2 Å². The van der Waals surface area contributed by atoms with Crippen molar-refractivity contribution >= 4 is 11.3 Å². The second kappa shape index (κ2) is 5.44.